The molecule has 2 aliphatic rings. The summed E-state index contributed by atoms with van der Waals surface area (Å²) in [4.78, 5) is 18.5. The second-order valence-electron chi connectivity index (χ2n) is 5.88. The Balaban J connectivity index is 1.81. The number of phenols is 1. The van der Waals surface area contributed by atoms with E-state index < -0.39 is 6.16 Å². The van der Waals surface area contributed by atoms with E-state index in [1.165, 1.54) is 13.2 Å². The number of hydrogen-bond donors (Lipinski definition) is 1. The number of ether oxygens (including phenoxy) is 3. The standard InChI is InChI=1S/C20H17NO5S/c1-3-25-20(23)26-19-16(12-9-8-11(24-2)10-14(12)22)18-17(21-19)13-6-4-5-7-15(13)27-18/h4-10,17,22H,3H2,1-2H3. The predicted octanol–water partition coefficient (Wildman–Crippen LogP) is 4.54. The molecule has 0 aromatic heterocycles. The van der Waals surface area contributed by atoms with Gasteiger partial charge in [0.25, 0.3) is 0 Å². The molecule has 27 heavy (non-hydrogen) atoms. The number of aliphatic imine (C=N–C) groups is 1. The molecule has 0 bridgehead atoms. The molecule has 0 fully saturated rings. The topological polar surface area (TPSA) is 77.4 Å². The molecule has 0 radical (unpaired) electrons. The zero-order chi connectivity index (χ0) is 19.0. The summed E-state index contributed by atoms with van der Waals surface area (Å²) in [7, 11) is 1.53. The van der Waals surface area contributed by atoms with Crippen LogP contribution in [0.5, 0.6) is 11.5 Å². The molecule has 0 aliphatic carbocycles. The monoisotopic (exact) mass is 383 g/mol. The van der Waals surface area contributed by atoms with Gasteiger partial charge in [0.2, 0.25) is 5.90 Å². The van der Waals surface area contributed by atoms with Gasteiger partial charge in [-0.05, 0) is 30.7 Å². The maximum Gasteiger partial charge on any atom is 0.515 e. The van der Waals surface area contributed by atoms with E-state index in [4.69, 9.17) is 14.2 Å². The molecular weight excluding hydrogens is 366 g/mol. The van der Waals surface area contributed by atoms with Crippen LogP contribution in [0.1, 0.15) is 24.1 Å². The summed E-state index contributed by atoms with van der Waals surface area (Å²) in [6.45, 7) is 1.90. The third-order valence-electron chi connectivity index (χ3n) is 4.30. The van der Waals surface area contributed by atoms with Gasteiger partial charge in [-0.25, -0.2) is 9.79 Å². The normalized spacial score (nSPS) is 17.3. The van der Waals surface area contributed by atoms with Crippen LogP contribution < -0.4 is 4.74 Å². The lowest BCUT2D eigenvalue weighted by atomic mass is 10.0. The lowest BCUT2D eigenvalue weighted by Gasteiger charge is -2.12. The second kappa shape index (κ2) is 7.00. The van der Waals surface area contributed by atoms with Gasteiger partial charge in [0, 0.05) is 21.4 Å². The molecule has 2 heterocycles. The molecule has 0 spiro atoms. The Hall–Kier alpha value is -2.93. The molecule has 1 N–H and O–H groups in total. The van der Waals surface area contributed by atoms with Gasteiger partial charge in [-0.1, -0.05) is 30.0 Å². The van der Waals surface area contributed by atoms with Crippen LogP contribution in [-0.4, -0.2) is 30.9 Å². The predicted molar refractivity (Wildman–Crippen MR) is 102 cm³/mol. The van der Waals surface area contributed by atoms with Crippen LogP contribution in [0.25, 0.3) is 5.57 Å². The van der Waals surface area contributed by atoms with Gasteiger partial charge in [-0.2, -0.15) is 0 Å². The van der Waals surface area contributed by atoms with Crippen molar-refractivity contribution in [3.63, 3.8) is 0 Å². The van der Waals surface area contributed by atoms with Gasteiger partial charge in [-0.3, -0.25) is 0 Å². The minimum Gasteiger partial charge on any atom is -0.507 e. The summed E-state index contributed by atoms with van der Waals surface area (Å²) in [6, 6.07) is 12.7. The van der Waals surface area contributed by atoms with Crippen molar-refractivity contribution in [1.82, 2.24) is 0 Å². The van der Waals surface area contributed by atoms with E-state index in [-0.39, 0.29) is 24.3 Å². The number of carbonyl (C=O) groups excluding carboxylic acids is 1. The molecule has 0 saturated carbocycles. The van der Waals surface area contributed by atoms with E-state index in [0.717, 1.165) is 15.4 Å². The summed E-state index contributed by atoms with van der Waals surface area (Å²) < 4.78 is 15.4. The zero-order valence-corrected chi connectivity index (χ0v) is 15.6. The van der Waals surface area contributed by atoms with E-state index in [9.17, 15) is 9.90 Å². The molecule has 1 atom stereocenters. The average Bonchev–Trinajstić information content (AvgIpc) is 3.17. The molecule has 2 aromatic carbocycles. The lowest BCUT2D eigenvalue weighted by molar-refractivity contribution is 0.101. The average molecular weight is 383 g/mol. The Morgan fingerprint density at radius 1 is 1.26 bits per heavy atom. The second-order valence-corrected chi connectivity index (χ2v) is 6.97. The summed E-state index contributed by atoms with van der Waals surface area (Å²) in [5.74, 6) is 0.702. The maximum atomic E-state index is 11.9. The van der Waals surface area contributed by atoms with Crippen LogP contribution in [0, 0.1) is 0 Å². The van der Waals surface area contributed by atoms with Crippen LogP contribution in [0.4, 0.5) is 4.79 Å². The minimum atomic E-state index is -0.819. The van der Waals surface area contributed by atoms with Crippen molar-refractivity contribution >= 4 is 29.4 Å². The fourth-order valence-corrected chi connectivity index (χ4v) is 4.39. The van der Waals surface area contributed by atoms with Gasteiger partial charge in [0.05, 0.1) is 19.3 Å². The van der Waals surface area contributed by atoms with Crippen LogP contribution in [0.15, 0.2) is 57.3 Å². The van der Waals surface area contributed by atoms with Gasteiger partial charge in [0.15, 0.2) is 0 Å². The fourth-order valence-electron chi connectivity index (χ4n) is 3.12. The zero-order valence-electron chi connectivity index (χ0n) is 14.8. The Labute approximate surface area is 160 Å². The number of rotatable bonds is 3. The molecule has 1 unspecified atom stereocenters. The fraction of sp³-hybridized carbons (Fsp3) is 0.200. The first kappa shape index (κ1) is 17.5. The smallest absolute Gasteiger partial charge is 0.507 e. The Bertz CT molecular complexity index is 982. The Morgan fingerprint density at radius 3 is 2.81 bits per heavy atom. The SMILES string of the molecule is CCOC(=O)OC1=NC2C(=C1c1ccc(OC)cc1O)Sc1ccccc12. The first-order chi connectivity index (χ1) is 13.1. The van der Waals surface area contributed by atoms with Crippen molar-refractivity contribution in [2.45, 2.75) is 17.9 Å². The van der Waals surface area contributed by atoms with Crippen LogP contribution >= 0.6 is 11.8 Å². The third-order valence-corrected chi connectivity index (χ3v) is 5.54. The van der Waals surface area contributed by atoms with Crippen molar-refractivity contribution in [3.8, 4) is 11.5 Å². The van der Waals surface area contributed by atoms with Crippen LogP contribution in [0.2, 0.25) is 0 Å². The van der Waals surface area contributed by atoms with Crippen molar-refractivity contribution in [2.75, 3.05) is 13.7 Å². The molecule has 0 saturated heterocycles. The first-order valence-electron chi connectivity index (χ1n) is 8.43. The van der Waals surface area contributed by atoms with Gasteiger partial charge in [-0.15, -0.1) is 0 Å². The number of aromatic hydroxyl groups is 1. The summed E-state index contributed by atoms with van der Waals surface area (Å²) in [5, 5.41) is 10.5. The number of phenolic OH excluding ortho intramolecular Hbond substituents is 1. The number of hydrogen-bond acceptors (Lipinski definition) is 7. The molecule has 7 heteroatoms. The quantitative estimate of drug-likeness (QED) is 0.784. The highest BCUT2D eigenvalue weighted by Crippen LogP contribution is 2.56. The van der Waals surface area contributed by atoms with Gasteiger partial charge in [0.1, 0.15) is 17.5 Å². The molecule has 2 aliphatic heterocycles. The number of thioether (sulfide) groups is 1. The third kappa shape index (κ3) is 3.04. The molecule has 6 nitrogen and oxygen atoms in total. The summed E-state index contributed by atoms with van der Waals surface area (Å²) in [5.41, 5.74) is 2.16. The molecule has 0 amide bonds. The Kier molecular flexibility index (Phi) is 4.53. The van der Waals surface area contributed by atoms with E-state index >= 15 is 0 Å². The number of nitrogens with zero attached hydrogens (tertiary/aromatic N) is 1. The van der Waals surface area contributed by atoms with Crippen LogP contribution in [-0.2, 0) is 9.47 Å². The molecule has 2 aromatic rings. The number of carbonyl (C=O) groups is 1. The Morgan fingerprint density at radius 2 is 2.07 bits per heavy atom. The van der Waals surface area contributed by atoms with Crippen molar-refractivity contribution < 1.29 is 24.1 Å². The van der Waals surface area contributed by atoms with Crippen molar-refractivity contribution in [2.24, 2.45) is 4.99 Å². The minimum absolute atomic E-state index is 0.0224. The van der Waals surface area contributed by atoms with Gasteiger partial charge < -0.3 is 19.3 Å². The van der Waals surface area contributed by atoms with Crippen molar-refractivity contribution in [3.05, 3.63) is 58.5 Å². The highest BCUT2D eigenvalue weighted by molar-refractivity contribution is 8.03. The molecule has 4 rings (SSSR count). The van der Waals surface area contributed by atoms with Gasteiger partial charge >= 0.3 is 6.16 Å². The first-order valence-corrected chi connectivity index (χ1v) is 9.25. The molecule has 138 valence electrons. The highest BCUT2D eigenvalue weighted by Gasteiger charge is 2.39. The lowest BCUT2D eigenvalue weighted by Crippen LogP contribution is -2.14. The summed E-state index contributed by atoms with van der Waals surface area (Å²) in [6.07, 6.45) is -0.819. The summed E-state index contributed by atoms with van der Waals surface area (Å²) >= 11 is 1.56. The maximum absolute atomic E-state index is 11.9. The molecular formula is C20H17NO5S. The highest BCUT2D eigenvalue weighted by atomic mass is 32.2. The van der Waals surface area contributed by atoms with E-state index in [0.29, 0.717) is 16.9 Å². The number of methoxy groups -OCH3 is 1. The van der Waals surface area contributed by atoms with E-state index in [1.54, 1.807) is 30.8 Å². The van der Waals surface area contributed by atoms with Crippen molar-refractivity contribution in [1.29, 1.82) is 0 Å². The van der Waals surface area contributed by atoms with Crippen LogP contribution in [0.3, 0.4) is 0 Å². The van der Waals surface area contributed by atoms with E-state index in [2.05, 4.69) is 4.99 Å². The largest absolute Gasteiger partial charge is 0.515 e. The number of fused-ring (bicyclic) bond motifs is 3. The van der Waals surface area contributed by atoms with E-state index in [1.807, 2.05) is 24.3 Å². The number of benzene rings is 2.